The van der Waals surface area contributed by atoms with Crippen molar-refractivity contribution in [3.63, 3.8) is 0 Å². The molecule has 0 fully saturated rings. The molecule has 0 aliphatic rings. The van der Waals surface area contributed by atoms with Crippen LogP contribution in [0.25, 0.3) is 0 Å². The Kier molecular flexibility index (Phi) is 3.80. The van der Waals surface area contributed by atoms with Crippen molar-refractivity contribution in [3.05, 3.63) is 71.8 Å². The van der Waals surface area contributed by atoms with E-state index in [4.69, 9.17) is 0 Å². The number of hydrogen-bond donors (Lipinski definition) is 2. The molecule has 0 aromatic heterocycles. The van der Waals surface area contributed by atoms with Crippen LogP contribution >= 0.6 is 0 Å². The van der Waals surface area contributed by atoms with Crippen LogP contribution in [0, 0.1) is 0 Å². The van der Waals surface area contributed by atoms with Crippen LogP contribution in [-0.4, -0.2) is 18.2 Å². The second-order valence-electron chi connectivity index (χ2n) is 4.51. The van der Waals surface area contributed by atoms with Gasteiger partial charge in [0.05, 0.1) is 0 Å². The molecule has 2 rings (SSSR count). The van der Waals surface area contributed by atoms with Crippen molar-refractivity contribution in [3.8, 4) is 0 Å². The van der Waals surface area contributed by atoms with Crippen molar-refractivity contribution >= 4 is 0 Å². The molecule has 0 heterocycles. The molecule has 0 saturated carbocycles. The first-order valence-electron chi connectivity index (χ1n) is 6.20. The standard InChI is InChI=1S/C16H19NO/c1-13(17-2)16(18,14-9-5-3-6-10-14)15-11-7-4-8-12-15/h3-13,17-18H,1-2H3/t13-/m0/s1. The minimum atomic E-state index is -1.02. The molecule has 0 bridgehead atoms. The van der Waals surface area contributed by atoms with Gasteiger partial charge in [0.15, 0.2) is 0 Å². The smallest absolute Gasteiger partial charge is 0.130 e. The highest BCUT2D eigenvalue weighted by molar-refractivity contribution is 5.37. The zero-order valence-electron chi connectivity index (χ0n) is 10.8. The lowest BCUT2D eigenvalue weighted by Gasteiger charge is -2.35. The van der Waals surface area contributed by atoms with Crippen molar-refractivity contribution in [1.29, 1.82) is 0 Å². The van der Waals surface area contributed by atoms with Gasteiger partial charge in [0.1, 0.15) is 5.60 Å². The molecule has 0 radical (unpaired) electrons. The third-order valence-electron chi connectivity index (χ3n) is 3.49. The number of nitrogens with one attached hydrogen (secondary N) is 1. The monoisotopic (exact) mass is 241 g/mol. The minimum Gasteiger partial charge on any atom is -0.379 e. The van der Waals surface area contributed by atoms with Crippen molar-refractivity contribution in [2.24, 2.45) is 0 Å². The first-order chi connectivity index (χ1) is 8.69. The SMILES string of the molecule is CN[C@@H](C)C(O)(c1ccccc1)c1ccccc1. The van der Waals surface area contributed by atoms with E-state index in [1.807, 2.05) is 74.6 Å². The summed E-state index contributed by atoms with van der Waals surface area (Å²) in [4.78, 5) is 0. The van der Waals surface area contributed by atoms with Gasteiger partial charge >= 0.3 is 0 Å². The van der Waals surface area contributed by atoms with Crippen LogP contribution in [0.5, 0.6) is 0 Å². The highest BCUT2D eigenvalue weighted by atomic mass is 16.3. The molecule has 2 aromatic rings. The van der Waals surface area contributed by atoms with E-state index in [1.54, 1.807) is 0 Å². The summed E-state index contributed by atoms with van der Waals surface area (Å²) in [6.07, 6.45) is 0. The fraction of sp³-hybridized carbons (Fsp3) is 0.250. The van der Waals surface area contributed by atoms with E-state index >= 15 is 0 Å². The number of aliphatic hydroxyl groups is 1. The molecule has 0 aliphatic heterocycles. The Labute approximate surface area is 108 Å². The van der Waals surface area contributed by atoms with Gasteiger partial charge in [-0.05, 0) is 25.1 Å². The highest BCUT2D eigenvalue weighted by Crippen LogP contribution is 2.32. The van der Waals surface area contributed by atoms with Gasteiger partial charge in [-0.2, -0.15) is 0 Å². The Morgan fingerprint density at radius 3 is 1.61 bits per heavy atom. The van der Waals surface area contributed by atoms with Crippen molar-refractivity contribution in [1.82, 2.24) is 5.32 Å². The number of likely N-dealkylation sites (N-methyl/N-ethyl adjacent to an activating group) is 1. The molecular weight excluding hydrogens is 222 g/mol. The van der Waals surface area contributed by atoms with Gasteiger partial charge in [0.25, 0.3) is 0 Å². The van der Waals surface area contributed by atoms with E-state index in [9.17, 15) is 5.11 Å². The summed E-state index contributed by atoms with van der Waals surface area (Å²) in [5.74, 6) is 0. The van der Waals surface area contributed by atoms with Crippen LogP contribution in [0.3, 0.4) is 0 Å². The molecule has 0 aliphatic carbocycles. The van der Waals surface area contributed by atoms with E-state index < -0.39 is 5.60 Å². The third kappa shape index (κ3) is 2.17. The number of hydrogen-bond acceptors (Lipinski definition) is 2. The summed E-state index contributed by atoms with van der Waals surface area (Å²) in [6.45, 7) is 1.99. The van der Waals surface area contributed by atoms with Gasteiger partial charge in [0, 0.05) is 6.04 Å². The van der Waals surface area contributed by atoms with Gasteiger partial charge in [-0.25, -0.2) is 0 Å². The average molecular weight is 241 g/mol. The first-order valence-corrected chi connectivity index (χ1v) is 6.20. The number of rotatable bonds is 4. The predicted octanol–water partition coefficient (Wildman–Crippen LogP) is 2.53. The average Bonchev–Trinajstić information content (AvgIpc) is 2.47. The van der Waals surface area contributed by atoms with Gasteiger partial charge < -0.3 is 10.4 Å². The van der Waals surface area contributed by atoms with Crippen LogP contribution in [0.15, 0.2) is 60.7 Å². The summed E-state index contributed by atoms with van der Waals surface area (Å²) in [6, 6.07) is 19.5. The third-order valence-corrected chi connectivity index (χ3v) is 3.49. The Morgan fingerprint density at radius 2 is 1.28 bits per heavy atom. The Morgan fingerprint density at radius 1 is 0.889 bits per heavy atom. The molecule has 94 valence electrons. The van der Waals surface area contributed by atoms with E-state index in [2.05, 4.69) is 5.32 Å². The Hall–Kier alpha value is -1.64. The summed E-state index contributed by atoms with van der Waals surface area (Å²) < 4.78 is 0. The molecule has 2 nitrogen and oxygen atoms in total. The molecule has 0 unspecified atom stereocenters. The molecule has 0 spiro atoms. The summed E-state index contributed by atoms with van der Waals surface area (Å²) in [5, 5.41) is 14.3. The van der Waals surface area contributed by atoms with E-state index in [0.717, 1.165) is 11.1 Å². The lowest BCUT2D eigenvalue weighted by molar-refractivity contribution is 0.0467. The van der Waals surface area contributed by atoms with Crippen molar-refractivity contribution < 1.29 is 5.11 Å². The minimum absolute atomic E-state index is 0.0812. The van der Waals surface area contributed by atoms with Gasteiger partial charge in [0.2, 0.25) is 0 Å². The van der Waals surface area contributed by atoms with Crippen LogP contribution in [0.4, 0.5) is 0 Å². The van der Waals surface area contributed by atoms with Crippen molar-refractivity contribution in [2.45, 2.75) is 18.6 Å². The summed E-state index contributed by atoms with van der Waals surface area (Å²) in [5.41, 5.74) is 0.785. The van der Waals surface area contributed by atoms with Gasteiger partial charge in [-0.15, -0.1) is 0 Å². The topological polar surface area (TPSA) is 32.3 Å². The molecule has 0 saturated heterocycles. The number of benzene rings is 2. The van der Waals surface area contributed by atoms with E-state index in [-0.39, 0.29) is 6.04 Å². The Balaban J connectivity index is 2.55. The lowest BCUT2D eigenvalue weighted by atomic mass is 9.81. The molecule has 2 heteroatoms. The van der Waals surface area contributed by atoms with Gasteiger partial charge in [-0.1, -0.05) is 60.7 Å². The zero-order chi connectivity index (χ0) is 13.0. The van der Waals surface area contributed by atoms with Crippen LogP contribution in [0.2, 0.25) is 0 Å². The molecular formula is C16H19NO. The fourth-order valence-corrected chi connectivity index (χ4v) is 2.26. The highest BCUT2D eigenvalue weighted by Gasteiger charge is 2.36. The summed E-state index contributed by atoms with van der Waals surface area (Å²) >= 11 is 0. The van der Waals surface area contributed by atoms with Crippen molar-refractivity contribution in [2.75, 3.05) is 7.05 Å². The predicted molar refractivity (Wildman–Crippen MR) is 74.4 cm³/mol. The maximum atomic E-state index is 11.2. The maximum absolute atomic E-state index is 11.2. The zero-order valence-corrected chi connectivity index (χ0v) is 10.8. The second kappa shape index (κ2) is 5.34. The first kappa shape index (κ1) is 12.8. The molecule has 18 heavy (non-hydrogen) atoms. The van der Waals surface area contributed by atoms with Crippen LogP contribution in [0.1, 0.15) is 18.1 Å². The molecule has 2 aromatic carbocycles. The normalized spacial score (nSPS) is 13.3. The quantitative estimate of drug-likeness (QED) is 0.862. The largest absolute Gasteiger partial charge is 0.379 e. The fourth-order valence-electron chi connectivity index (χ4n) is 2.26. The summed E-state index contributed by atoms with van der Waals surface area (Å²) in [7, 11) is 1.86. The molecule has 2 N–H and O–H groups in total. The lowest BCUT2D eigenvalue weighted by Crippen LogP contribution is -2.46. The maximum Gasteiger partial charge on any atom is 0.130 e. The van der Waals surface area contributed by atoms with E-state index in [1.165, 1.54) is 0 Å². The van der Waals surface area contributed by atoms with Crippen LogP contribution < -0.4 is 5.32 Å². The molecule has 0 amide bonds. The van der Waals surface area contributed by atoms with Crippen LogP contribution in [-0.2, 0) is 5.60 Å². The Bertz CT molecular complexity index is 441. The molecule has 1 atom stereocenters. The van der Waals surface area contributed by atoms with Gasteiger partial charge in [-0.3, -0.25) is 0 Å². The van der Waals surface area contributed by atoms with E-state index in [0.29, 0.717) is 0 Å². The second-order valence-corrected chi connectivity index (χ2v) is 4.51.